The molecule has 1 aliphatic rings. The first-order valence-corrected chi connectivity index (χ1v) is 3.56. The third-order valence-electron chi connectivity index (χ3n) is 1.87. The summed E-state index contributed by atoms with van der Waals surface area (Å²) in [6.45, 7) is -0.526. The van der Waals surface area contributed by atoms with E-state index in [1.165, 1.54) is 0 Å². The van der Waals surface area contributed by atoms with E-state index in [0.29, 0.717) is 0 Å². The first-order valence-electron chi connectivity index (χ1n) is 3.56. The molecule has 0 radical (unpaired) electrons. The average Bonchev–Trinajstić information content (AvgIpc) is 2.08. The van der Waals surface area contributed by atoms with Crippen molar-refractivity contribution in [1.29, 1.82) is 0 Å². The van der Waals surface area contributed by atoms with Crippen molar-refractivity contribution in [3.8, 4) is 0 Å². The van der Waals surface area contributed by atoms with E-state index in [1.807, 2.05) is 0 Å². The predicted molar refractivity (Wildman–Crippen MR) is 46.3 cm³/mol. The summed E-state index contributed by atoms with van der Waals surface area (Å²) in [7, 11) is 0. The smallest absolute Gasteiger partial charge is 0.184 e. The molecule has 0 aromatic heterocycles. The number of halogens is 1. The minimum atomic E-state index is -1.57. The molecule has 0 aromatic carbocycles. The molecule has 5 N–H and O–H groups in total. The molecule has 0 unspecified atom stereocenters. The van der Waals surface area contributed by atoms with Crippen LogP contribution in [0.1, 0.15) is 0 Å². The van der Waals surface area contributed by atoms with Gasteiger partial charge in [0.1, 0.15) is 24.4 Å². The SMILES string of the molecule is Br.OC[C@H]1O[C@H](O)[C@H](O)[C@@H](O)[C@@H]1O. The maximum Gasteiger partial charge on any atom is 0.184 e. The van der Waals surface area contributed by atoms with Crippen molar-refractivity contribution in [2.24, 2.45) is 0 Å². The number of aliphatic hydroxyl groups excluding tert-OH is 5. The molecule has 6 nitrogen and oxygen atoms in total. The molecule has 0 saturated carbocycles. The van der Waals surface area contributed by atoms with Gasteiger partial charge in [0.25, 0.3) is 0 Å². The summed E-state index contributed by atoms with van der Waals surface area (Å²) in [6, 6.07) is 0. The van der Waals surface area contributed by atoms with Crippen LogP contribution in [-0.2, 0) is 4.74 Å². The summed E-state index contributed by atoms with van der Waals surface area (Å²) in [5.41, 5.74) is 0. The minimum Gasteiger partial charge on any atom is -0.394 e. The number of hydrogen-bond donors (Lipinski definition) is 5. The third-order valence-corrected chi connectivity index (χ3v) is 1.87. The number of hydrogen-bond acceptors (Lipinski definition) is 6. The van der Waals surface area contributed by atoms with E-state index in [9.17, 15) is 0 Å². The lowest BCUT2D eigenvalue weighted by molar-refractivity contribution is -0.286. The Labute approximate surface area is 85.2 Å². The molecule has 0 amide bonds. The molecule has 1 rings (SSSR count). The molecular formula is C6H13BrO6. The van der Waals surface area contributed by atoms with Crippen molar-refractivity contribution in [1.82, 2.24) is 0 Å². The largest absolute Gasteiger partial charge is 0.394 e. The van der Waals surface area contributed by atoms with Crippen molar-refractivity contribution >= 4 is 17.0 Å². The zero-order valence-electron chi connectivity index (χ0n) is 6.65. The Morgan fingerprint density at radius 1 is 0.923 bits per heavy atom. The second-order valence-electron chi connectivity index (χ2n) is 2.72. The quantitative estimate of drug-likeness (QED) is 0.353. The fraction of sp³-hybridized carbons (Fsp3) is 1.00. The molecule has 1 saturated heterocycles. The maximum absolute atomic E-state index is 9.12. The highest BCUT2D eigenvalue weighted by atomic mass is 79.9. The van der Waals surface area contributed by atoms with Crippen LogP contribution in [0.5, 0.6) is 0 Å². The maximum atomic E-state index is 9.12. The normalized spacial score (nSPS) is 45.5. The molecular weight excluding hydrogens is 248 g/mol. The first-order chi connectivity index (χ1) is 5.57. The Morgan fingerprint density at radius 2 is 1.46 bits per heavy atom. The van der Waals surface area contributed by atoms with Crippen LogP contribution >= 0.6 is 17.0 Å². The van der Waals surface area contributed by atoms with Gasteiger partial charge in [-0.3, -0.25) is 0 Å². The van der Waals surface area contributed by atoms with Crippen LogP contribution in [0.2, 0.25) is 0 Å². The van der Waals surface area contributed by atoms with Gasteiger partial charge in [0.2, 0.25) is 0 Å². The summed E-state index contributed by atoms with van der Waals surface area (Å²) in [6.07, 6.45) is -7.04. The molecule has 0 aromatic rings. The number of aliphatic hydroxyl groups is 5. The van der Waals surface area contributed by atoms with Gasteiger partial charge in [-0.1, -0.05) is 0 Å². The molecule has 0 spiro atoms. The van der Waals surface area contributed by atoms with Crippen LogP contribution in [-0.4, -0.2) is 62.8 Å². The van der Waals surface area contributed by atoms with Crippen molar-refractivity contribution in [2.75, 3.05) is 6.61 Å². The second kappa shape index (κ2) is 5.20. The van der Waals surface area contributed by atoms with E-state index < -0.39 is 37.3 Å². The fourth-order valence-electron chi connectivity index (χ4n) is 1.08. The Hall–Kier alpha value is 0.240. The summed E-state index contributed by atoms with van der Waals surface area (Å²) >= 11 is 0. The first kappa shape index (κ1) is 13.2. The van der Waals surface area contributed by atoms with Crippen molar-refractivity contribution in [3.05, 3.63) is 0 Å². The van der Waals surface area contributed by atoms with E-state index in [2.05, 4.69) is 4.74 Å². The van der Waals surface area contributed by atoms with Crippen LogP contribution in [0.3, 0.4) is 0 Å². The van der Waals surface area contributed by atoms with Gasteiger partial charge >= 0.3 is 0 Å². The van der Waals surface area contributed by atoms with Gasteiger partial charge < -0.3 is 30.3 Å². The Kier molecular flexibility index (Phi) is 5.30. The zero-order valence-corrected chi connectivity index (χ0v) is 8.36. The van der Waals surface area contributed by atoms with Crippen LogP contribution in [0.15, 0.2) is 0 Å². The molecule has 0 bridgehead atoms. The molecule has 5 atom stereocenters. The summed E-state index contributed by atoms with van der Waals surface area (Å²) in [4.78, 5) is 0. The molecule has 7 heteroatoms. The zero-order chi connectivity index (χ0) is 9.30. The topological polar surface area (TPSA) is 110 Å². The van der Waals surface area contributed by atoms with Gasteiger partial charge in [0.05, 0.1) is 6.61 Å². The van der Waals surface area contributed by atoms with Crippen molar-refractivity contribution in [2.45, 2.75) is 30.7 Å². The van der Waals surface area contributed by atoms with Gasteiger partial charge in [-0.2, -0.15) is 0 Å². The van der Waals surface area contributed by atoms with E-state index >= 15 is 0 Å². The van der Waals surface area contributed by atoms with Gasteiger partial charge in [0, 0.05) is 0 Å². The average molecular weight is 261 g/mol. The fourth-order valence-corrected chi connectivity index (χ4v) is 1.08. The van der Waals surface area contributed by atoms with Crippen LogP contribution < -0.4 is 0 Å². The standard InChI is InChI=1S/C6H12O6.BrH/c7-1-2-3(8)4(9)5(10)6(11)12-2;/h2-11H,1H2;1H/t2-,3-,4+,5-,6+;/m1./s1. The monoisotopic (exact) mass is 260 g/mol. The lowest BCUT2D eigenvalue weighted by Crippen LogP contribution is -2.58. The molecule has 80 valence electrons. The molecule has 13 heavy (non-hydrogen) atoms. The van der Waals surface area contributed by atoms with Gasteiger partial charge in [-0.05, 0) is 0 Å². The summed E-state index contributed by atoms with van der Waals surface area (Å²) in [5, 5.41) is 44.7. The van der Waals surface area contributed by atoms with E-state index in [0.717, 1.165) is 0 Å². The lowest BCUT2D eigenvalue weighted by atomic mass is 10.00. The van der Waals surface area contributed by atoms with Crippen LogP contribution in [0.4, 0.5) is 0 Å². The van der Waals surface area contributed by atoms with Gasteiger partial charge in [0.15, 0.2) is 6.29 Å². The van der Waals surface area contributed by atoms with Crippen molar-refractivity contribution in [3.63, 3.8) is 0 Å². The highest BCUT2D eigenvalue weighted by Gasteiger charge is 2.42. The second-order valence-corrected chi connectivity index (χ2v) is 2.72. The molecule has 1 fully saturated rings. The predicted octanol–water partition coefficient (Wildman–Crippen LogP) is -2.64. The lowest BCUT2D eigenvalue weighted by Gasteiger charge is -2.37. The Balaban J connectivity index is 0.00000144. The van der Waals surface area contributed by atoms with E-state index in [1.54, 1.807) is 0 Å². The molecule has 0 aliphatic carbocycles. The van der Waals surface area contributed by atoms with Crippen molar-refractivity contribution < 1.29 is 30.3 Å². The summed E-state index contributed by atoms with van der Waals surface area (Å²) < 4.78 is 4.58. The Bertz CT molecular complexity index is 151. The number of rotatable bonds is 1. The van der Waals surface area contributed by atoms with Gasteiger partial charge in [-0.25, -0.2) is 0 Å². The van der Waals surface area contributed by atoms with E-state index in [-0.39, 0.29) is 17.0 Å². The van der Waals surface area contributed by atoms with Crippen LogP contribution in [0.25, 0.3) is 0 Å². The highest BCUT2D eigenvalue weighted by Crippen LogP contribution is 2.18. The molecule has 1 heterocycles. The third kappa shape index (κ3) is 2.59. The molecule has 1 aliphatic heterocycles. The number of ether oxygens (including phenoxy) is 1. The Morgan fingerprint density at radius 3 is 1.92 bits per heavy atom. The van der Waals surface area contributed by atoms with Crippen LogP contribution in [0, 0.1) is 0 Å². The van der Waals surface area contributed by atoms with Gasteiger partial charge in [-0.15, -0.1) is 17.0 Å². The minimum absolute atomic E-state index is 0. The summed E-state index contributed by atoms with van der Waals surface area (Å²) in [5.74, 6) is 0. The van der Waals surface area contributed by atoms with E-state index in [4.69, 9.17) is 25.5 Å². The highest BCUT2D eigenvalue weighted by molar-refractivity contribution is 8.93.